The molecule has 7 heteroatoms. The molecule has 0 saturated carbocycles. The normalized spacial score (nSPS) is 13.2. The van der Waals surface area contributed by atoms with Crippen LogP contribution >= 0.6 is 0 Å². The summed E-state index contributed by atoms with van der Waals surface area (Å²) < 4.78 is 2.02. The SMILES string of the molecule is Cn1c(N)c(C(=O)CN2CCc3ccccc32)c(=O)n(C)c1=O. The number of carbonyl (C=O) groups excluding carboxylic acids is 1. The Kier molecular flexibility index (Phi) is 3.55. The molecule has 1 aromatic heterocycles. The Morgan fingerprint density at radius 1 is 1.17 bits per heavy atom. The third-order valence-electron chi connectivity index (χ3n) is 4.31. The van der Waals surface area contributed by atoms with Gasteiger partial charge in [-0.25, -0.2) is 4.79 Å². The first-order valence-corrected chi connectivity index (χ1v) is 7.33. The van der Waals surface area contributed by atoms with Gasteiger partial charge in [0.05, 0.1) is 6.54 Å². The topological polar surface area (TPSA) is 90.3 Å². The zero-order valence-corrected chi connectivity index (χ0v) is 13.1. The molecule has 1 aliphatic heterocycles. The summed E-state index contributed by atoms with van der Waals surface area (Å²) in [6, 6.07) is 7.86. The van der Waals surface area contributed by atoms with E-state index in [1.165, 1.54) is 19.7 Å². The molecule has 3 rings (SSSR count). The molecule has 0 saturated heterocycles. The van der Waals surface area contributed by atoms with Gasteiger partial charge in [-0.05, 0) is 18.1 Å². The molecule has 0 aliphatic carbocycles. The van der Waals surface area contributed by atoms with E-state index in [9.17, 15) is 14.4 Å². The molecular weight excluding hydrogens is 296 g/mol. The molecule has 23 heavy (non-hydrogen) atoms. The zero-order chi connectivity index (χ0) is 16.7. The minimum atomic E-state index is -0.650. The van der Waals surface area contributed by atoms with Crippen LogP contribution < -0.4 is 21.9 Å². The van der Waals surface area contributed by atoms with Crippen LogP contribution in [0.1, 0.15) is 15.9 Å². The van der Waals surface area contributed by atoms with Crippen LogP contribution in [0.5, 0.6) is 0 Å². The van der Waals surface area contributed by atoms with Gasteiger partial charge < -0.3 is 10.6 Å². The van der Waals surface area contributed by atoms with Crippen molar-refractivity contribution in [1.29, 1.82) is 0 Å². The lowest BCUT2D eigenvalue weighted by atomic mass is 10.1. The Bertz CT molecular complexity index is 911. The van der Waals surface area contributed by atoms with Gasteiger partial charge in [0.25, 0.3) is 5.56 Å². The van der Waals surface area contributed by atoms with Crippen molar-refractivity contribution in [2.75, 3.05) is 23.7 Å². The lowest BCUT2D eigenvalue weighted by Crippen LogP contribution is -2.43. The Morgan fingerprint density at radius 2 is 1.87 bits per heavy atom. The first-order valence-electron chi connectivity index (χ1n) is 7.33. The molecule has 0 unspecified atom stereocenters. The minimum Gasteiger partial charge on any atom is -0.384 e. The minimum absolute atomic E-state index is 0.0641. The van der Waals surface area contributed by atoms with Gasteiger partial charge in [-0.1, -0.05) is 18.2 Å². The Hall–Kier alpha value is -2.83. The predicted molar refractivity (Wildman–Crippen MR) is 88.0 cm³/mol. The summed E-state index contributed by atoms with van der Waals surface area (Å²) in [4.78, 5) is 38.6. The van der Waals surface area contributed by atoms with E-state index in [0.717, 1.165) is 27.8 Å². The Balaban J connectivity index is 1.98. The van der Waals surface area contributed by atoms with Crippen molar-refractivity contribution >= 4 is 17.3 Å². The van der Waals surface area contributed by atoms with Gasteiger partial charge in [-0.2, -0.15) is 0 Å². The first kappa shape index (κ1) is 15.1. The number of hydrogen-bond donors (Lipinski definition) is 1. The molecule has 2 N–H and O–H groups in total. The second kappa shape index (κ2) is 5.42. The third-order valence-corrected chi connectivity index (χ3v) is 4.31. The van der Waals surface area contributed by atoms with E-state index in [2.05, 4.69) is 0 Å². The van der Waals surface area contributed by atoms with Gasteiger partial charge in [-0.15, -0.1) is 0 Å². The monoisotopic (exact) mass is 314 g/mol. The lowest BCUT2D eigenvalue weighted by molar-refractivity contribution is 0.0997. The maximum atomic E-state index is 12.6. The third kappa shape index (κ3) is 2.34. The summed E-state index contributed by atoms with van der Waals surface area (Å²) in [6.45, 7) is 0.783. The highest BCUT2D eigenvalue weighted by Gasteiger charge is 2.25. The standard InChI is InChI=1S/C16H18N4O3/c1-18-14(17)13(15(22)19(2)16(18)23)12(21)9-20-8-7-10-5-3-4-6-11(10)20/h3-6H,7-9,17H2,1-2H3. The second-order valence-electron chi connectivity index (χ2n) is 5.69. The van der Waals surface area contributed by atoms with Crippen molar-refractivity contribution < 1.29 is 4.79 Å². The van der Waals surface area contributed by atoms with Crippen molar-refractivity contribution in [2.24, 2.45) is 14.1 Å². The Labute approximate surface area is 132 Å². The predicted octanol–water partition coefficient (Wildman–Crippen LogP) is -0.0884. The summed E-state index contributed by atoms with van der Waals surface area (Å²) in [5, 5.41) is 0. The highest BCUT2D eigenvalue weighted by Crippen LogP contribution is 2.27. The molecule has 0 amide bonds. The van der Waals surface area contributed by atoms with Crippen molar-refractivity contribution in [1.82, 2.24) is 9.13 Å². The number of nitrogens with zero attached hydrogens (tertiary/aromatic N) is 3. The number of aromatic nitrogens is 2. The summed E-state index contributed by atoms with van der Waals surface area (Å²) >= 11 is 0. The molecular formula is C16H18N4O3. The van der Waals surface area contributed by atoms with E-state index in [1.54, 1.807) is 0 Å². The smallest absolute Gasteiger partial charge is 0.332 e. The van der Waals surface area contributed by atoms with Crippen LogP contribution in [-0.2, 0) is 20.5 Å². The molecule has 0 atom stereocenters. The summed E-state index contributed by atoms with van der Waals surface area (Å²) in [7, 11) is 2.78. The second-order valence-corrected chi connectivity index (χ2v) is 5.69. The average molecular weight is 314 g/mol. The number of carbonyl (C=O) groups is 1. The van der Waals surface area contributed by atoms with Gasteiger partial charge in [-0.3, -0.25) is 18.7 Å². The lowest BCUT2D eigenvalue weighted by Gasteiger charge is -2.19. The van der Waals surface area contributed by atoms with Gasteiger partial charge in [0.2, 0.25) is 0 Å². The zero-order valence-electron chi connectivity index (χ0n) is 13.1. The molecule has 0 radical (unpaired) electrons. The van der Waals surface area contributed by atoms with Crippen LogP contribution in [0.25, 0.3) is 0 Å². The quantitative estimate of drug-likeness (QED) is 0.800. The van der Waals surface area contributed by atoms with Gasteiger partial charge in [0, 0.05) is 26.3 Å². The molecule has 0 bridgehead atoms. The highest BCUT2D eigenvalue weighted by molar-refractivity contribution is 6.02. The van der Waals surface area contributed by atoms with E-state index in [4.69, 9.17) is 5.73 Å². The largest absolute Gasteiger partial charge is 0.384 e. The molecule has 2 aromatic rings. The van der Waals surface area contributed by atoms with Crippen LogP contribution in [0.3, 0.4) is 0 Å². The average Bonchev–Trinajstić information content (AvgIpc) is 2.94. The number of anilines is 2. The van der Waals surface area contributed by atoms with Crippen LogP contribution in [0.4, 0.5) is 11.5 Å². The number of ketones is 1. The fraction of sp³-hybridized carbons (Fsp3) is 0.312. The molecule has 2 heterocycles. The Morgan fingerprint density at radius 3 is 2.61 bits per heavy atom. The van der Waals surface area contributed by atoms with E-state index in [0.29, 0.717) is 0 Å². The van der Waals surface area contributed by atoms with Crippen LogP contribution in [-0.4, -0.2) is 28.0 Å². The summed E-state index contributed by atoms with van der Waals surface area (Å²) in [5.74, 6) is -0.467. The number of Topliss-reactive ketones (excluding diaryl/α,β-unsaturated/α-hetero) is 1. The number of benzene rings is 1. The van der Waals surface area contributed by atoms with E-state index in [1.807, 2.05) is 29.2 Å². The van der Waals surface area contributed by atoms with Crippen molar-refractivity contribution in [3.8, 4) is 0 Å². The van der Waals surface area contributed by atoms with Gasteiger partial charge in [0.1, 0.15) is 11.4 Å². The van der Waals surface area contributed by atoms with Crippen molar-refractivity contribution in [3.63, 3.8) is 0 Å². The van der Waals surface area contributed by atoms with Gasteiger partial charge in [0.15, 0.2) is 5.78 Å². The number of nitrogens with two attached hydrogens (primary N) is 1. The van der Waals surface area contributed by atoms with Crippen molar-refractivity contribution in [2.45, 2.75) is 6.42 Å². The first-order chi connectivity index (χ1) is 10.9. The van der Waals surface area contributed by atoms with Crippen molar-refractivity contribution in [3.05, 3.63) is 56.2 Å². The van der Waals surface area contributed by atoms with Crippen LogP contribution in [0.15, 0.2) is 33.9 Å². The van der Waals surface area contributed by atoms with Crippen LogP contribution in [0, 0.1) is 0 Å². The van der Waals surface area contributed by atoms with Gasteiger partial charge >= 0.3 is 5.69 Å². The molecule has 0 spiro atoms. The number of nitrogen functional groups attached to an aromatic ring is 1. The molecule has 1 aliphatic rings. The fourth-order valence-corrected chi connectivity index (χ4v) is 2.95. The summed E-state index contributed by atoms with van der Waals surface area (Å²) in [6.07, 6.45) is 0.865. The maximum absolute atomic E-state index is 12.6. The maximum Gasteiger partial charge on any atom is 0.332 e. The molecule has 120 valence electrons. The number of fused-ring (bicyclic) bond motifs is 1. The van der Waals surface area contributed by atoms with E-state index >= 15 is 0 Å². The number of para-hydroxylation sites is 1. The summed E-state index contributed by atoms with van der Waals surface area (Å²) in [5.41, 5.74) is 6.69. The van der Waals surface area contributed by atoms with E-state index < -0.39 is 11.2 Å². The molecule has 0 fully saturated rings. The number of hydrogen-bond acceptors (Lipinski definition) is 5. The highest BCUT2D eigenvalue weighted by atomic mass is 16.2. The fourth-order valence-electron chi connectivity index (χ4n) is 2.95. The van der Waals surface area contributed by atoms with E-state index in [-0.39, 0.29) is 23.7 Å². The molecule has 1 aromatic carbocycles. The molecule has 7 nitrogen and oxygen atoms in total. The number of rotatable bonds is 3. The van der Waals surface area contributed by atoms with Crippen LogP contribution in [0.2, 0.25) is 0 Å².